The lowest BCUT2D eigenvalue weighted by atomic mass is 10.0. The van der Waals surface area contributed by atoms with Gasteiger partial charge in [-0.15, -0.1) is 0 Å². The fourth-order valence-corrected chi connectivity index (χ4v) is 3.24. The molecule has 1 N–H and O–H groups in total. The minimum Gasteiger partial charge on any atom is -0.385 e. The average molecular weight is 206 g/mol. The van der Waals surface area contributed by atoms with Gasteiger partial charge in [-0.3, -0.25) is 0 Å². The van der Waals surface area contributed by atoms with Gasteiger partial charge in [0.15, 0.2) is 0 Å². The minimum absolute atomic E-state index is 0.231. The van der Waals surface area contributed by atoms with E-state index in [4.69, 9.17) is 0 Å². The van der Waals surface area contributed by atoms with Crippen LogP contribution in [-0.4, -0.2) is 5.11 Å². The summed E-state index contributed by atoms with van der Waals surface area (Å²) in [5.74, 6) is 0.624. The Bertz CT molecular complexity index is 359. The third kappa shape index (κ3) is 1.24. The van der Waals surface area contributed by atoms with E-state index in [1.54, 1.807) is 12.1 Å². The molecule has 0 aromatic heterocycles. The van der Waals surface area contributed by atoms with E-state index in [1.807, 2.05) is 0 Å². The van der Waals surface area contributed by atoms with Crippen LogP contribution in [0.15, 0.2) is 24.3 Å². The third-order valence-corrected chi connectivity index (χ3v) is 4.09. The lowest BCUT2D eigenvalue weighted by Crippen LogP contribution is -2.09. The minimum atomic E-state index is -0.635. The van der Waals surface area contributed by atoms with Crippen LogP contribution in [-0.2, 0) is 5.60 Å². The van der Waals surface area contributed by atoms with Crippen molar-refractivity contribution in [2.45, 2.75) is 31.3 Å². The first kappa shape index (κ1) is 9.34. The molecule has 2 fully saturated rings. The quantitative estimate of drug-likeness (QED) is 0.749. The van der Waals surface area contributed by atoms with Gasteiger partial charge in [0, 0.05) is 0 Å². The second kappa shape index (κ2) is 3.05. The van der Waals surface area contributed by atoms with Gasteiger partial charge in [-0.1, -0.05) is 25.0 Å². The summed E-state index contributed by atoms with van der Waals surface area (Å²) < 4.78 is 12.8. The fourth-order valence-electron chi connectivity index (χ4n) is 3.24. The van der Waals surface area contributed by atoms with E-state index < -0.39 is 5.60 Å². The van der Waals surface area contributed by atoms with Gasteiger partial charge in [0.1, 0.15) is 5.82 Å². The first-order valence-corrected chi connectivity index (χ1v) is 5.71. The standard InChI is InChI=1S/C13H15FO/c14-10-7-5-9(6-8-10)13(15)11-3-1-2-4-12(11)13/h5-8,11-12,15H,1-4H2. The normalized spacial score (nSPS) is 38.5. The van der Waals surface area contributed by atoms with Crippen molar-refractivity contribution in [3.8, 4) is 0 Å². The molecule has 2 aliphatic rings. The summed E-state index contributed by atoms with van der Waals surface area (Å²) in [6.07, 6.45) is 4.70. The van der Waals surface area contributed by atoms with Crippen molar-refractivity contribution in [3.05, 3.63) is 35.6 Å². The number of benzene rings is 1. The van der Waals surface area contributed by atoms with Gasteiger partial charge < -0.3 is 5.11 Å². The van der Waals surface area contributed by atoms with Crippen LogP contribution in [0.5, 0.6) is 0 Å². The molecule has 0 saturated heterocycles. The SMILES string of the molecule is OC1(c2ccc(F)cc2)C2CCCCC21. The summed E-state index contributed by atoms with van der Waals surface area (Å²) >= 11 is 0. The van der Waals surface area contributed by atoms with Crippen molar-refractivity contribution in [2.75, 3.05) is 0 Å². The summed E-state index contributed by atoms with van der Waals surface area (Å²) in [6.45, 7) is 0. The molecule has 0 aliphatic heterocycles. The number of aliphatic hydroxyl groups is 1. The molecule has 2 unspecified atom stereocenters. The van der Waals surface area contributed by atoms with Crippen molar-refractivity contribution in [1.29, 1.82) is 0 Å². The largest absolute Gasteiger partial charge is 0.385 e. The molecule has 15 heavy (non-hydrogen) atoms. The molecule has 1 aromatic rings. The summed E-state index contributed by atoms with van der Waals surface area (Å²) in [5, 5.41) is 10.5. The van der Waals surface area contributed by atoms with Gasteiger partial charge in [0.05, 0.1) is 5.60 Å². The molecule has 0 amide bonds. The highest BCUT2D eigenvalue weighted by molar-refractivity contribution is 5.33. The van der Waals surface area contributed by atoms with E-state index in [9.17, 15) is 9.50 Å². The lowest BCUT2D eigenvalue weighted by Gasteiger charge is -2.10. The molecule has 0 heterocycles. The summed E-state index contributed by atoms with van der Waals surface area (Å²) in [6, 6.07) is 6.34. The fraction of sp³-hybridized carbons (Fsp3) is 0.538. The zero-order chi connectivity index (χ0) is 10.5. The summed E-state index contributed by atoms with van der Waals surface area (Å²) in [5.41, 5.74) is 0.269. The molecule has 3 rings (SSSR count). The Morgan fingerprint density at radius 1 is 1.07 bits per heavy atom. The van der Waals surface area contributed by atoms with Crippen molar-refractivity contribution >= 4 is 0 Å². The first-order chi connectivity index (χ1) is 7.23. The van der Waals surface area contributed by atoms with Crippen LogP contribution in [0.2, 0.25) is 0 Å². The number of hydrogen-bond acceptors (Lipinski definition) is 1. The second-order valence-corrected chi connectivity index (χ2v) is 4.83. The lowest BCUT2D eigenvalue weighted by molar-refractivity contribution is 0.118. The molecule has 2 aliphatic carbocycles. The maximum atomic E-state index is 12.8. The molecular formula is C13H15FO. The maximum absolute atomic E-state index is 12.8. The number of halogens is 1. The van der Waals surface area contributed by atoms with Crippen LogP contribution in [0.3, 0.4) is 0 Å². The second-order valence-electron chi connectivity index (χ2n) is 4.83. The van der Waals surface area contributed by atoms with Crippen molar-refractivity contribution in [3.63, 3.8) is 0 Å². The van der Waals surface area contributed by atoms with Gasteiger partial charge >= 0.3 is 0 Å². The van der Waals surface area contributed by atoms with Gasteiger partial charge in [-0.05, 0) is 42.4 Å². The maximum Gasteiger partial charge on any atom is 0.123 e. The Labute approximate surface area is 88.9 Å². The first-order valence-electron chi connectivity index (χ1n) is 5.71. The van der Waals surface area contributed by atoms with E-state index in [0.29, 0.717) is 11.8 Å². The smallest absolute Gasteiger partial charge is 0.123 e. The monoisotopic (exact) mass is 206 g/mol. The van der Waals surface area contributed by atoms with E-state index >= 15 is 0 Å². The van der Waals surface area contributed by atoms with Crippen LogP contribution in [0.4, 0.5) is 4.39 Å². The Kier molecular flexibility index (Phi) is 1.90. The summed E-state index contributed by atoms with van der Waals surface area (Å²) in [7, 11) is 0. The molecule has 80 valence electrons. The average Bonchev–Trinajstić information content (AvgIpc) is 2.88. The van der Waals surface area contributed by atoms with Crippen LogP contribution < -0.4 is 0 Å². The van der Waals surface area contributed by atoms with Crippen molar-refractivity contribution in [2.24, 2.45) is 11.8 Å². The van der Waals surface area contributed by atoms with Gasteiger partial charge in [-0.25, -0.2) is 4.39 Å². The molecule has 0 bridgehead atoms. The van der Waals surface area contributed by atoms with Gasteiger partial charge in [-0.2, -0.15) is 0 Å². The molecule has 1 nitrogen and oxygen atoms in total. The van der Waals surface area contributed by atoms with Gasteiger partial charge in [0.25, 0.3) is 0 Å². The van der Waals surface area contributed by atoms with Crippen molar-refractivity contribution in [1.82, 2.24) is 0 Å². The van der Waals surface area contributed by atoms with Crippen LogP contribution in [0.1, 0.15) is 31.2 Å². The molecule has 2 atom stereocenters. The topological polar surface area (TPSA) is 20.2 Å². The van der Waals surface area contributed by atoms with E-state index in [1.165, 1.54) is 25.0 Å². The van der Waals surface area contributed by atoms with Crippen LogP contribution in [0.25, 0.3) is 0 Å². The Morgan fingerprint density at radius 2 is 1.60 bits per heavy atom. The van der Waals surface area contributed by atoms with Crippen LogP contribution >= 0.6 is 0 Å². The predicted molar refractivity (Wildman–Crippen MR) is 55.7 cm³/mol. The van der Waals surface area contributed by atoms with E-state index in [-0.39, 0.29) is 5.82 Å². The molecule has 2 heteroatoms. The molecule has 2 saturated carbocycles. The summed E-state index contributed by atoms with van der Waals surface area (Å²) in [4.78, 5) is 0. The highest BCUT2D eigenvalue weighted by Gasteiger charge is 2.64. The molecular weight excluding hydrogens is 191 g/mol. The third-order valence-electron chi connectivity index (χ3n) is 4.09. The highest BCUT2D eigenvalue weighted by atomic mass is 19.1. The Balaban J connectivity index is 1.91. The van der Waals surface area contributed by atoms with E-state index in [2.05, 4.69) is 0 Å². The van der Waals surface area contributed by atoms with Crippen LogP contribution in [0, 0.1) is 17.7 Å². The van der Waals surface area contributed by atoms with E-state index in [0.717, 1.165) is 18.4 Å². The molecule has 1 aromatic carbocycles. The zero-order valence-electron chi connectivity index (χ0n) is 8.62. The Hall–Kier alpha value is -0.890. The Morgan fingerprint density at radius 3 is 2.13 bits per heavy atom. The number of rotatable bonds is 1. The molecule has 0 radical (unpaired) electrons. The predicted octanol–water partition coefficient (Wildman–Crippen LogP) is 2.83. The highest BCUT2D eigenvalue weighted by Crippen LogP contribution is 2.64. The van der Waals surface area contributed by atoms with Crippen molar-refractivity contribution < 1.29 is 9.50 Å². The molecule has 0 spiro atoms. The number of hydrogen-bond donors (Lipinski definition) is 1. The zero-order valence-corrected chi connectivity index (χ0v) is 8.62. The van der Waals surface area contributed by atoms with Gasteiger partial charge in [0.2, 0.25) is 0 Å². The number of fused-ring (bicyclic) bond motifs is 1.